The van der Waals surface area contributed by atoms with Crippen molar-refractivity contribution in [3.8, 4) is 0 Å². The molecule has 3 heterocycles. The Kier molecular flexibility index (Phi) is 2.92. The summed E-state index contributed by atoms with van der Waals surface area (Å²) in [6.45, 7) is 4.44. The molecule has 3 nitrogen and oxygen atoms in total. The molecule has 17 heavy (non-hydrogen) atoms. The van der Waals surface area contributed by atoms with Crippen LogP contribution in [0.1, 0.15) is 13.3 Å². The van der Waals surface area contributed by atoms with Gasteiger partial charge in [-0.15, -0.1) is 0 Å². The third-order valence-electron chi connectivity index (χ3n) is 3.46. The zero-order valence-corrected chi connectivity index (χ0v) is 11.4. The van der Waals surface area contributed by atoms with Crippen LogP contribution in [0.2, 0.25) is 0 Å². The number of aromatic nitrogens is 2. The first kappa shape index (κ1) is 11.2. The summed E-state index contributed by atoms with van der Waals surface area (Å²) in [6.07, 6.45) is 5.28. The van der Waals surface area contributed by atoms with Crippen molar-refractivity contribution in [2.45, 2.75) is 25.9 Å². The largest absolute Gasteiger partial charge is 0.332 e. The van der Waals surface area contributed by atoms with Crippen molar-refractivity contribution in [2.75, 3.05) is 6.54 Å². The summed E-state index contributed by atoms with van der Waals surface area (Å²) in [5.41, 5.74) is 1.09. The highest BCUT2D eigenvalue weighted by Gasteiger charge is 2.21. The molecule has 0 aromatic carbocycles. The molecule has 0 spiro atoms. The summed E-state index contributed by atoms with van der Waals surface area (Å²) in [7, 11) is 0. The van der Waals surface area contributed by atoms with E-state index in [4.69, 9.17) is 0 Å². The van der Waals surface area contributed by atoms with Gasteiger partial charge in [0.25, 0.3) is 0 Å². The van der Waals surface area contributed by atoms with Crippen LogP contribution in [0.5, 0.6) is 0 Å². The van der Waals surface area contributed by atoms with E-state index >= 15 is 0 Å². The Balaban J connectivity index is 1.85. The number of pyridine rings is 1. The molecule has 2 atom stereocenters. The predicted molar refractivity (Wildman–Crippen MR) is 73.0 cm³/mol. The van der Waals surface area contributed by atoms with E-state index in [1.54, 1.807) is 0 Å². The average molecular weight is 294 g/mol. The van der Waals surface area contributed by atoms with Crippen LogP contribution in [0.4, 0.5) is 0 Å². The van der Waals surface area contributed by atoms with Gasteiger partial charge in [-0.25, -0.2) is 4.98 Å². The molecule has 0 amide bonds. The van der Waals surface area contributed by atoms with Gasteiger partial charge in [0, 0.05) is 34.8 Å². The molecular formula is C13H16BrN3. The summed E-state index contributed by atoms with van der Waals surface area (Å²) in [4.78, 5) is 4.50. The van der Waals surface area contributed by atoms with Crippen molar-refractivity contribution in [1.82, 2.24) is 14.9 Å². The molecule has 0 saturated carbocycles. The van der Waals surface area contributed by atoms with Crippen molar-refractivity contribution >= 4 is 27.0 Å². The molecule has 1 fully saturated rings. The van der Waals surface area contributed by atoms with E-state index in [-0.39, 0.29) is 0 Å². The SMILES string of the molecule is C[C@H]1C[C@@H](Cn2ccc3cc(Br)cnc32)CN1. The second-order valence-corrected chi connectivity index (χ2v) is 5.86. The lowest BCUT2D eigenvalue weighted by atomic mass is 10.1. The lowest BCUT2D eigenvalue weighted by molar-refractivity contribution is 0.481. The molecule has 0 aliphatic carbocycles. The van der Waals surface area contributed by atoms with Crippen LogP contribution >= 0.6 is 15.9 Å². The number of nitrogens with one attached hydrogen (secondary N) is 1. The Hall–Kier alpha value is -0.870. The Morgan fingerprint density at radius 1 is 1.59 bits per heavy atom. The number of halogens is 1. The molecule has 3 rings (SSSR count). The number of hydrogen-bond acceptors (Lipinski definition) is 2. The quantitative estimate of drug-likeness (QED) is 0.923. The van der Waals surface area contributed by atoms with Crippen LogP contribution < -0.4 is 5.32 Å². The van der Waals surface area contributed by atoms with Gasteiger partial charge in [-0.05, 0) is 53.9 Å². The highest BCUT2D eigenvalue weighted by molar-refractivity contribution is 9.10. The van der Waals surface area contributed by atoms with Crippen LogP contribution in [0.3, 0.4) is 0 Å². The van der Waals surface area contributed by atoms with Crippen LogP contribution in [-0.4, -0.2) is 22.1 Å². The first-order chi connectivity index (χ1) is 8.22. The smallest absolute Gasteiger partial charge is 0.139 e. The minimum atomic E-state index is 0.656. The van der Waals surface area contributed by atoms with Crippen molar-refractivity contribution in [3.63, 3.8) is 0 Å². The fourth-order valence-electron chi connectivity index (χ4n) is 2.65. The molecule has 0 radical (unpaired) electrons. The van der Waals surface area contributed by atoms with Crippen LogP contribution in [0.15, 0.2) is 29.0 Å². The van der Waals surface area contributed by atoms with Crippen molar-refractivity contribution in [2.24, 2.45) is 5.92 Å². The van der Waals surface area contributed by atoms with Gasteiger partial charge in [0.1, 0.15) is 5.65 Å². The maximum atomic E-state index is 4.50. The highest BCUT2D eigenvalue weighted by atomic mass is 79.9. The van der Waals surface area contributed by atoms with E-state index in [0.717, 1.165) is 29.1 Å². The first-order valence-electron chi connectivity index (χ1n) is 6.06. The Bertz CT molecular complexity index is 534. The third kappa shape index (κ3) is 2.24. The topological polar surface area (TPSA) is 29.9 Å². The molecule has 0 bridgehead atoms. The minimum Gasteiger partial charge on any atom is -0.332 e. The predicted octanol–water partition coefficient (Wildman–Crippen LogP) is 2.80. The summed E-state index contributed by atoms with van der Waals surface area (Å²) in [5, 5.41) is 4.70. The average Bonchev–Trinajstić information content (AvgIpc) is 2.86. The fourth-order valence-corrected chi connectivity index (χ4v) is 3.00. The summed E-state index contributed by atoms with van der Waals surface area (Å²) < 4.78 is 3.31. The summed E-state index contributed by atoms with van der Waals surface area (Å²) >= 11 is 3.46. The van der Waals surface area contributed by atoms with Gasteiger partial charge in [0.05, 0.1) is 0 Å². The van der Waals surface area contributed by atoms with Crippen molar-refractivity contribution in [1.29, 1.82) is 0 Å². The second kappa shape index (κ2) is 4.42. The zero-order valence-electron chi connectivity index (χ0n) is 9.86. The highest BCUT2D eigenvalue weighted by Crippen LogP contribution is 2.21. The molecule has 1 N–H and O–H groups in total. The van der Waals surface area contributed by atoms with Gasteiger partial charge in [-0.1, -0.05) is 0 Å². The zero-order chi connectivity index (χ0) is 11.8. The lowest BCUT2D eigenvalue weighted by Gasteiger charge is -2.10. The maximum absolute atomic E-state index is 4.50. The maximum Gasteiger partial charge on any atom is 0.139 e. The van der Waals surface area contributed by atoms with Crippen LogP contribution in [0, 0.1) is 5.92 Å². The molecule has 4 heteroatoms. The summed E-state index contributed by atoms with van der Waals surface area (Å²) in [5.74, 6) is 0.728. The standard InChI is InChI=1S/C13H16BrN3/c1-9-4-10(6-15-9)8-17-3-2-11-5-12(14)7-16-13(11)17/h2-3,5,7,9-10,15H,4,6,8H2,1H3/t9-,10+/m0/s1. The van der Waals surface area contributed by atoms with E-state index in [1.165, 1.54) is 11.8 Å². The fraction of sp³-hybridized carbons (Fsp3) is 0.462. The molecular weight excluding hydrogens is 278 g/mol. The van der Waals surface area contributed by atoms with Gasteiger partial charge in [0.2, 0.25) is 0 Å². The van der Waals surface area contributed by atoms with Gasteiger partial charge in [0.15, 0.2) is 0 Å². The summed E-state index contributed by atoms with van der Waals surface area (Å²) in [6, 6.07) is 4.91. The van der Waals surface area contributed by atoms with E-state index in [2.05, 4.69) is 56.1 Å². The molecule has 1 aliphatic rings. The first-order valence-corrected chi connectivity index (χ1v) is 6.85. The van der Waals surface area contributed by atoms with Gasteiger partial charge >= 0.3 is 0 Å². The molecule has 1 aliphatic heterocycles. The minimum absolute atomic E-state index is 0.656. The molecule has 0 unspecified atom stereocenters. The van der Waals surface area contributed by atoms with E-state index in [0.29, 0.717) is 6.04 Å². The monoisotopic (exact) mass is 293 g/mol. The Morgan fingerprint density at radius 2 is 2.47 bits per heavy atom. The molecule has 1 saturated heterocycles. The number of fused-ring (bicyclic) bond motifs is 1. The van der Waals surface area contributed by atoms with E-state index in [1.807, 2.05) is 6.20 Å². The number of rotatable bonds is 2. The van der Waals surface area contributed by atoms with Gasteiger partial charge in [-0.3, -0.25) is 0 Å². The molecule has 2 aromatic heterocycles. The van der Waals surface area contributed by atoms with Gasteiger partial charge in [-0.2, -0.15) is 0 Å². The molecule has 2 aromatic rings. The van der Waals surface area contributed by atoms with Crippen molar-refractivity contribution < 1.29 is 0 Å². The number of hydrogen-bond donors (Lipinski definition) is 1. The van der Waals surface area contributed by atoms with E-state index < -0.39 is 0 Å². The third-order valence-corrected chi connectivity index (χ3v) is 3.90. The van der Waals surface area contributed by atoms with E-state index in [9.17, 15) is 0 Å². The lowest BCUT2D eigenvalue weighted by Crippen LogP contribution is -2.17. The molecule has 90 valence electrons. The normalized spacial score (nSPS) is 24.6. The van der Waals surface area contributed by atoms with Gasteiger partial charge < -0.3 is 9.88 Å². The van der Waals surface area contributed by atoms with Crippen molar-refractivity contribution in [3.05, 3.63) is 29.0 Å². The number of nitrogens with zero attached hydrogens (tertiary/aromatic N) is 2. The Labute approximate surface area is 109 Å². The Morgan fingerprint density at radius 3 is 3.24 bits per heavy atom. The van der Waals surface area contributed by atoms with Crippen LogP contribution in [0.25, 0.3) is 11.0 Å². The second-order valence-electron chi connectivity index (χ2n) is 4.95. The van der Waals surface area contributed by atoms with Crippen LogP contribution in [-0.2, 0) is 6.54 Å².